The van der Waals surface area contributed by atoms with E-state index in [1.165, 1.54) is 12.8 Å². The number of benzene rings is 1. The maximum atomic E-state index is 12.1. The fourth-order valence-corrected chi connectivity index (χ4v) is 2.77. The molecule has 1 atom stereocenters. The fourth-order valence-electron chi connectivity index (χ4n) is 2.77. The molecule has 0 radical (unpaired) electrons. The molecule has 0 spiro atoms. The summed E-state index contributed by atoms with van der Waals surface area (Å²) in [5, 5.41) is 8.81. The highest BCUT2D eigenvalue weighted by molar-refractivity contribution is 5.96. The van der Waals surface area contributed by atoms with Gasteiger partial charge < -0.3 is 16.0 Å². The lowest BCUT2D eigenvalue weighted by molar-refractivity contribution is 0.0939. The number of amides is 3. The Kier molecular flexibility index (Phi) is 6.02. The van der Waals surface area contributed by atoms with Gasteiger partial charge in [0.2, 0.25) is 0 Å². The molecular formula is C18H27N3O2. The lowest BCUT2D eigenvalue weighted by atomic mass is 10.1. The van der Waals surface area contributed by atoms with Crippen molar-refractivity contribution in [1.29, 1.82) is 0 Å². The van der Waals surface area contributed by atoms with E-state index in [1.807, 2.05) is 26.8 Å². The largest absolute Gasteiger partial charge is 0.350 e. The van der Waals surface area contributed by atoms with Gasteiger partial charge in [-0.15, -0.1) is 0 Å². The molecule has 0 aliphatic heterocycles. The first kappa shape index (κ1) is 17.3. The van der Waals surface area contributed by atoms with Crippen molar-refractivity contribution in [2.45, 2.75) is 65.0 Å². The molecule has 1 aromatic carbocycles. The Hall–Kier alpha value is -2.04. The van der Waals surface area contributed by atoms with Gasteiger partial charge in [0.1, 0.15) is 0 Å². The van der Waals surface area contributed by atoms with E-state index in [1.54, 1.807) is 12.1 Å². The van der Waals surface area contributed by atoms with E-state index < -0.39 is 0 Å². The number of anilines is 1. The quantitative estimate of drug-likeness (QED) is 0.776. The molecule has 0 heterocycles. The van der Waals surface area contributed by atoms with Crippen LogP contribution in [0.25, 0.3) is 0 Å². The summed E-state index contributed by atoms with van der Waals surface area (Å²) in [6.45, 7) is 5.91. The van der Waals surface area contributed by atoms with Crippen LogP contribution >= 0.6 is 0 Å². The zero-order valence-corrected chi connectivity index (χ0v) is 14.2. The first-order valence-corrected chi connectivity index (χ1v) is 8.48. The summed E-state index contributed by atoms with van der Waals surface area (Å²) in [6.07, 6.45) is 5.38. The van der Waals surface area contributed by atoms with Crippen LogP contribution in [0.5, 0.6) is 0 Å². The SMILES string of the molecule is CCC(C)NC(=O)c1ccc(NC(=O)NC2CCCC2)c(C)c1. The van der Waals surface area contributed by atoms with Gasteiger partial charge in [-0.2, -0.15) is 0 Å². The normalized spacial score (nSPS) is 16.0. The lowest BCUT2D eigenvalue weighted by Gasteiger charge is -2.15. The Morgan fingerprint density at radius 2 is 1.96 bits per heavy atom. The summed E-state index contributed by atoms with van der Waals surface area (Å²) in [5.74, 6) is -0.0793. The molecule has 23 heavy (non-hydrogen) atoms. The molecule has 0 bridgehead atoms. The minimum absolute atomic E-state index is 0.0793. The van der Waals surface area contributed by atoms with Crippen LogP contribution in [0.15, 0.2) is 18.2 Å². The molecule has 5 nitrogen and oxygen atoms in total. The Morgan fingerprint density at radius 1 is 1.26 bits per heavy atom. The molecule has 3 amide bonds. The second-order valence-electron chi connectivity index (χ2n) is 6.39. The number of hydrogen-bond acceptors (Lipinski definition) is 2. The molecule has 5 heteroatoms. The maximum absolute atomic E-state index is 12.1. The van der Waals surface area contributed by atoms with E-state index in [2.05, 4.69) is 16.0 Å². The van der Waals surface area contributed by atoms with Gasteiger partial charge in [-0.3, -0.25) is 4.79 Å². The van der Waals surface area contributed by atoms with Crippen LogP contribution in [0.4, 0.5) is 10.5 Å². The van der Waals surface area contributed by atoms with Crippen molar-refractivity contribution in [3.8, 4) is 0 Å². The third kappa shape index (κ3) is 4.98. The van der Waals surface area contributed by atoms with Crippen LogP contribution in [0, 0.1) is 6.92 Å². The van der Waals surface area contributed by atoms with E-state index in [0.29, 0.717) is 5.56 Å². The van der Waals surface area contributed by atoms with Gasteiger partial charge in [-0.25, -0.2) is 4.79 Å². The van der Waals surface area contributed by atoms with Gasteiger partial charge in [0.25, 0.3) is 5.91 Å². The van der Waals surface area contributed by atoms with Crippen LogP contribution in [-0.2, 0) is 0 Å². The van der Waals surface area contributed by atoms with Gasteiger partial charge in [-0.05, 0) is 56.9 Å². The van der Waals surface area contributed by atoms with Crippen molar-refractivity contribution in [1.82, 2.24) is 10.6 Å². The predicted octanol–water partition coefficient (Wildman–Crippen LogP) is 3.59. The highest BCUT2D eigenvalue weighted by atomic mass is 16.2. The molecule has 0 aromatic heterocycles. The van der Waals surface area contributed by atoms with Crippen LogP contribution in [0.1, 0.15) is 61.9 Å². The van der Waals surface area contributed by atoms with Gasteiger partial charge in [0.05, 0.1) is 0 Å². The summed E-state index contributed by atoms with van der Waals surface area (Å²) in [4.78, 5) is 24.1. The molecule has 1 aromatic rings. The predicted molar refractivity (Wildman–Crippen MR) is 92.8 cm³/mol. The number of rotatable bonds is 5. The molecule has 0 saturated heterocycles. The second-order valence-corrected chi connectivity index (χ2v) is 6.39. The molecule has 1 saturated carbocycles. The summed E-state index contributed by atoms with van der Waals surface area (Å²) in [5.41, 5.74) is 2.23. The van der Waals surface area contributed by atoms with Crippen molar-refractivity contribution < 1.29 is 9.59 Å². The number of hydrogen-bond donors (Lipinski definition) is 3. The lowest BCUT2D eigenvalue weighted by Crippen LogP contribution is -2.36. The van der Waals surface area contributed by atoms with E-state index in [0.717, 1.165) is 30.5 Å². The minimum Gasteiger partial charge on any atom is -0.350 e. The zero-order valence-electron chi connectivity index (χ0n) is 14.2. The molecule has 1 aliphatic carbocycles. The van der Waals surface area contributed by atoms with Gasteiger partial charge in [0.15, 0.2) is 0 Å². The number of carbonyl (C=O) groups is 2. The molecule has 126 valence electrons. The summed E-state index contributed by atoms with van der Waals surface area (Å²) in [6, 6.07) is 5.61. The molecule has 3 N–H and O–H groups in total. The van der Waals surface area contributed by atoms with Crippen LogP contribution in [-0.4, -0.2) is 24.0 Å². The van der Waals surface area contributed by atoms with Crippen molar-refractivity contribution in [2.24, 2.45) is 0 Å². The minimum atomic E-state index is -0.170. The van der Waals surface area contributed by atoms with E-state index >= 15 is 0 Å². The molecule has 2 rings (SSSR count). The number of urea groups is 1. The molecule has 1 fully saturated rings. The average Bonchev–Trinajstić information content (AvgIpc) is 3.01. The van der Waals surface area contributed by atoms with Gasteiger partial charge >= 0.3 is 6.03 Å². The smallest absolute Gasteiger partial charge is 0.319 e. The summed E-state index contributed by atoms with van der Waals surface area (Å²) in [7, 11) is 0. The first-order valence-electron chi connectivity index (χ1n) is 8.48. The van der Waals surface area contributed by atoms with E-state index in [9.17, 15) is 9.59 Å². The zero-order chi connectivity index (χ0) is 16.8. The van der Waals surface area contributed by atoms with Gasteiger partial charge in [-0.1, -0.05) is 19.8 Å². The molecular weight excluding hydrogens is 290 g/mol. The van der Waals surface area contributed by atoms with Crippen molar-refractivity contribution in [2.75, 3.05) is 5.32 Å². The Balaban J connectivity index is 1.95. The highest BCUT2D eigenvalue weighted by Gasteiger charge is 2.17. The Bertz CT molecular complexity index is 565. The third-order valence-corrected chi connectivity index (χ3v) is 4.42. The van der Waals surface area contributed by atoms with Gasteiger partial charge in [0, 0.05) is 23.3 Å². The molecule has 1 unspecified atom stereocenters. The topological polar surface area (TPSA) is 70.2 Å². The highest BCUT2D eigenvalue weighted by Crippen LogP contribution is 2.19. The number of aryl methyl sites for hydroxylation is 1. The van der Waals surface area contributed by atoms with E-state index in [4.69, 9.17) is 0 Å². The first-order chi connectivity index (χ1) is 11.0. The summed E-state index contributed by atoms with van der Waals surface area (Å²) < 4.78 is 0. The van der Waals surface area contributed by atoms with Crippen LogP contribution < -0.4 is 16.0 Å². The van der Waals surface area contributed by atoms with Crippen LogP contribution in [0.3, 0.4) is 0 Å². The Morgan fingerprint density at radius 3 is 2.57 bits per heavy atom. The number of carbonyl (C=O) groups excluding carboxylic acids is 2. The maximum Gasteiger partial charge on any atom is 0.319 e. The van der Waals surface area contributed by atoms with E-state index in [-0.39, 0.29) is 24.0 Å². The van der Waals surface area contributed by atoms with Crippen molar-refractivity contribution in [3.63, 3.8) is 0 Å². The standard InChI is InChI=1S/C18H27N3O2/c1-4-13(3)19-17(22)14-9-10-16(12(2)11-14)21-18(23)20-15-7-5-6-8-15/h9-11,13,15H,4-8H2,1-3H3,(H,19,22)(H2,20,21,23). The fraction of sp³-hybridized carbons (Fsp3) is 0.556. The molecule has 1 aliphatic rings. The average molecular weight is 317 g/mol. The third-order valence-electron chi connectivity index (χ3n) is 4.42. The monoisotopic (exact) mass is 317 g/mol. The van der Waals surface area contributed by atoms with Crippen molar-refractivity contribution in [3.05, 3.63) is 29.3 Å². The Labute approximate surface area is 138 Å². The summed E-state index contributed by atoms with van der Waals surface area (Å²) >= 11 is 0. The second kappa shape index (κ2) is 7.99. The number of nitrogens with one attached hydrogen (secondary N) is 3. The van der Waals surface area contributed by atoms with Crippen molar-refractivity contribution >= 4 is 17.6 Å². The van der Waals surface area contributed by atoms with Crippen LogP contribution in [0.2, 0.25) is 0 Å².